The Labute approximate surface area is 110 Å². The second-order valence-corrected chi connectivity index (χ2v) is 5.24. The lowest BCUT2D eigenvalue weighted by atomic mass is 10.1. The number of carbonyl (C=O) groups is 1. The fraction of sp³-hybridized carbons (Fsp3) is 0.286. The lowest BCUT2D eigenvalue weighted by molar-refractivity contribution is -0.0589. The van der Waals surface area contributed by atoms with Crippen LogP contribution in [0.25, 0.3) is 10.9 Å². The minimum atomic E-state index is -0.493. The first-order chi connectivity index (χ1) is 8.87. The predicted octanol–water partition coefficient (Wildman–Crippen LogP) is 1.99. The predicted molar refractivity (Wildman–Crippen MR) is 72.9 cm³/mol. The Balaban J connectivity index is 2.39. The van der Waals surface area contributed by atoms with Crippen LogP contribution in [0.2, 0.25) is 0 Å². The zero-order valence-corrected chi connectivity index (χ0v) is 11.1. The van der Waals surface area contributed by atoms with Crippen molar-refractivity contribution < 1.29 is 9.63 Å². The number of amides is 1. The topological polar surface area (TPSA) is 71.2 Å². The number of nitrogens with one attached hydrogen (secondary N) is 2. The van der Waals surface area contributed by atoms with Gasteiger partial charge in [-0.1, -0.05) is 18.2 Å². The summed E-state index contributed by atoms with van der Waals surface area (Å²) in [6.07, 6.45) is 0. The number of pyridine rings is 1. The maximum atomic E-state index is 12.1. The summed E-state index contributed by atoms with van der Waals surface area (Å²) in [6.45, 7) is 5.47. The number of fused-ring (bicyclic) bond motifs is 1. The lowest BCUT2D eigenvalue weighted by Crippen LogP contribution is -2.34. The van der Waals surface area contributed by atoms with Crippen LogP contribution in [0, 0.1) is 0 Å². The quantitative estimate of drug-likeness (QED) is 0.811. The Hall–Kier alpha value is -2.14. The second kappa shape index (κ2) is 4.85. The van der Waals surface area contributed by atoms with Crippen molar-refractivity contribution in [2.45, 2.75) is 26.4 Å². The van der Waals surface area contributed by atoms with Crippen LogP contribution in [0.15, 0.2) is 35.1 Å². The van der Waals surface area contributed by atoms with E-state index < -0.39 is 11.5 Å². The summed E-state index contributed by atoms with van der Waals surface area (Å²) >= 11 is 0. The maximum Gasteiger partial charge on any atom is 0.275 e. The Morgan fingerprint density at radius 1 is 1.26 bits per heavy atom. The molecule has 0 atom stereocenters. The van der Waals surface area contributed by atoms with Gasteiger partial charge in [0.15, 0.2) is 0 Å². The van der Waals surface area contributed by atoms with Gasteiger partial charge in [-0.25, -0.2) is 5.48 Å². The van der Waals surface area contributed by atoms with Crippen LogP contribution in [-0.4, -0.2) is 16.5 Å². The molecule has 5 nitrogen and oxygen atoms in total. The smallest absolute Gasteiger partial charge is 0.275 e. The summed E-state index contributed by atoms with van der Waals surface area (Å²) in [4.78, 5) is 31.5. The zero-order chi connectivity index (χ0) is 14.0. The third kappa shape index (κ3) is 3.20. The zero-order valence-electron chi connectivity index (χ0n) is 11.1. The van der Waals surface area contributed by atoms with Crippen LogP contribution >= 0.6 is 0 Å². The molecule has 0 fully saturated rings. The van der Waals surface area contributed by atoms with Crippen molar-refractivity contribution in [2.24, 2.45) is 0 Å². The van der Waals surface area contributed by atoms with Gasteiger partial charge in [0, 0.05) is 17.0 Å². The van der Waals surface area contributed by atoms with E-state index in [0.717, 1.165) is 0 Å². The van der Waals surface area contributed by atoms with Crippen LogP contribution < -0.4 is 11.0 Å². The molecule has 1 amide bonds. The van der Waals surface area contributed by atoms with Crippen LogP contribution in [0.5, 0.6) is 0 Å². The number of carbonyl (C=O) groups excluding carboxylic acids is 1. The van der Waals surface area contributed by atoms with E-state index in [0.29, 0.717) is 16.5 Å². The van der Waals surface area contributed by atoms with E-state index in [4.69, 9.17) is 4.84 Å². The minimum absolute atomic E-state index is 0.295. The fourth-order valence-corrected chi connectivity index (χ4v) is 1.65. The van der Waals surface area contributed by atoms with Crippen molar-refractivity contribution >= 4 is 16.8 Å². The van der Waals surface area contributed by atoms with Gasteiger partial charge in [-0.3, -0.25) is 14.4 Å². The molecule has 1 aromatic carbocycles. The Morgan fingerprint density at radius 2 is 1.95 bits per heavy atom. The average molecular weight is 260 g/mol. The Morgan fingerprint density at radius 3 is 2.63 bits per heavy atom. The highest BCUT2D eigenvalue weighted by atomic mass is 16.7. The number of aromatic amines is 1. The molecule has 0 saturated heterocycles. The largest absolute Gasteiger partial charge is 0.322 e. The number of rotatable bonds is 2. The van der Waals surface area contributed by atoms with E-state index in [1.807, 2.05) is 26.8 Å². The van der Waals surface area contributed by atoms with Crippen LogP contribution in [0.4, 0.5) is 0 Å². The second-order valence-electron chi connectivity index (χ2n) is 5.24. The monoisotopic (exact) mass is 260 g/mol. The molecule has 2 rings (SSSR count). The van der Waals surface area contributed by atoms with E-state index >= 15 is 0 Å². The standard InChI is InChI=1S/C14H16N2O3/c1-14(2,3)19-16-13(18)10-8-12(17)15-11-7-5-4-6-9(10)11/h4-8H,1-3H3,(H,15,17)(H,16,18). The normalized spacial score (nSPS) is 11.5. The first-order valence-corrected chi connectivity index (χ1v) is 5.97. The first kappa shape index (κ1) is 13.3. The third-order valence-electron chi connectivity index (χ3n) is 2.45. The fourth-order valence-electron chi connectivity index (χ4n) is 1.65. The molecule has 100 valence electrons. The van der Waals surface area contributed by atoms with Gasteiger partial charge in [-0.2, -0.15) is 0 Å². The Kier molecular flexibility index (Phi) is 3.40. The van der Waals surface area contributed by atoms with E-state index in [-0.39, 0.29) is 5.56 Å². The van der Waals surface area contributed by atoms with Crippen molar-refractivity contribution in [1.82, 2.24) is 10.5 Å². The molecule has 0 aliphatic heterocycles. The van der Waals surface area contributed by atoms with E-state index in [1.54, 1.807) is 18.2 Å². The minimum Gasteiger partial charge on any atom is -0.322 e. The summed E-state index contributed by atoms with van der Waals surface area (Å²) in [5.74, 6) is -0.433. The van der Waals surface area contributed by atoms with Gasteiger partial charge in [-0.15, -0.1) is 0 Å². The summed E-state index contributed by atoms with van der Waals surface area (Å²) in [7, 11) is 0. The first-order valence-electron chi connectivity index (χ1n) is 5.97. The van der Waals surface area contributed by atoms with Gasteiger partial charge < -0.3 is 4.98 Å². The molecular weight excluding hydrogens is 244 g/mol. The highest BCUT2D eigenvalue weighted by molar-refractivity contribution is 6.05. The van der Waals surface area contributed by atoms with Crippen molar-refractivity contribution in [1.29, 1.82) is 0 Å². The summed E-state index contributed by atoms with van der Waals surface area (Å²) in [5.41, 5.74) is 2.47. The number of hydrogen-bond donors (Lipinski definition) is 2. The molecule has 0 aliphatic rings. The molecule has 0 bridgehead atoms. The van der Waals surface area contributed by atoms with Crippen LogP contribution in [0.3, 0.4) is 0 Å². The molecule has 0 saturated carbocycles. The molecule has 0 spiro atoms. The van der Waals surface area contributed by atoms with Crippen molar-refractivity contribution in [3.05, 3.63) is 46.2 Å². The van der Waals surface area contributed by atoms with Gasteiger partial charge in [0.05, 0.1) is 11.2 Å². The molecule has 5 heteroatoms. The van der Waals surface area contributed by atoms with Crippen LogP contribution in [0.1, 0.15) is 31.1 Å². The van der Waals surface area contributed by atoms with Crippen molar-refractivity contribution in [3.63, 3.8) is 0 Å². The molecule has 1 aromatic heterocycles. The SMILES string of the molecule is CC(C)(C)ONC(=O)c1cc(=O)[nH]c2ccccc12. The van der Waals surface area contributed by atoms with Crippen LogP contribution in [-0.2, 0) is 4.84 Å². The molecule has 2 aromatic rings. The number of hydroxylamine groups is 1. The molecule has 1 heterocycles. The average Bonchev–Trinajstić information content (AvgIpc) is 2.34. The number of H-pyrrole nitrogens is 1. The molecular formula is C14H16N2O3. The van der Waals surface area contributed by atoms with Gasteiger partial charge in [0.25, 0.3) is 5.91 Å². The number of benzene rings is 1. The molecule has 2 N–H and O–H groups in total. The number of aromatic nitrogens is 1. The van der Waals surface area contributed by atoms with Crippen molar-refractivity contribution in [2.75, 3.05) is 0 Å². The summed E-state index contributed by atoms with van der Waals surface area (Å²) in [6, 6.07) is 8.40. The van der Waals surface area contributed by atoms with Gasteiger partial charge in [-0.05, 0) is 26.8 Å². The molecule has 0 radical (unpaired) electrons. The highest BCUT2D eigenvalue weighted by Crippen LogP contribution is 2.14. The van der Waals surface area contributed by atoms with E-state index in [2.05, 4.69) is 10.5 Å². The van der Waals surface area contributed by atoms with Gasteiger partial charge in [0.1, 0.15) is 0 Å². The highest BCUT2D eigenvalue weighted by Gasteiger charge is 2.16. The van der Waals surface area contributed by atoms with E-state index in [9.17, 15) is 9.59 Å². The number of para-hydroxylation sites is 1. The summed E-state index contributed by atoms with van der Waals surface area (Å²) in [5, 5.41) is 0.678. The number of hydrogen-bond acceptors (Lipinski definition) is 3. The molecule has 19 heavy (non-hydrogen) atoms. The lowest BCUT2D eigenvalue weighted by Gasteiger charge is -2.19. The van der Waals surface area contributed by atoms with Gasteiger partial charge in [0.2, 0.25) is 5.56 Å². The molecule has 0 aliphatic carbocycles. The maximum absolute atomic E-state index is 12.1. The summed E-state index contributed by atoms with van der Waals surface area (Å²) < 4.78 is 0. The van der Waals surface area contributed by atoms with E-state index in [1.165, 1.54) is 6.07 Å². The molecule has 0 unspecified atom stereocenters. The van der Waals surface area contributed by atoms with Crippen molar-refractivity contribution in [3.8, 4) is 0 Å². The Bertz CT molecular complexity index is 668. The third-order valence-corrected chi connectivity index (χ3v) is 2.45. The van der Waals surface area contributed by atoms with Gasteiger partial charge >= 0.3 is 0 Å².